The zero-order valence-electron chi connectivity index (χ0n) is 12.5. The molecule has 1 aromatic heterocycles. The van der Waals surface area contributed by atoms with Gasteiger partial charge in [-0.25, -0.2) is 0 Å². The number of hydrogen-bond donors (Lipinski definition) is 1. The molecule has 1 fully saturated rings. The van der Waals surface area contributed by atoms with E-state index in [-0.39, 0.29) is 5.91 Å². The van der Waals surface area contributed by atoms with Crippen molar-refractivity contribution in [1.82, 2.24) is 20.3 Å². The van der Waals surface area contributed by atoms with Gasteiger partial charge in [-0.2, -0.15) is 15.4 Å². The van der Waals surface area contributed by atoms with Crippen molar-refractivity contribution >= 4 is 16.9 Å². The fourth-order valence-corrected chi connectivity index (χ4v) is 3.22. The summed E-state index contributed by atoms with van der Waals surface area (Å²) in [6, 6.07) is 5.53. The maximum atomic E-state index is 12.7. The van der Waals surface area contributed by atoms with Crippen LogP contribution in [-0.4, -0.2) is 39.3 Å². The van der Waals surface area contributed by atoms with Crippen LogP contribution in [0.5, 0.6) is 0 Å². The van der Waals surface area contributed by atoms with Crippen molar-refractivity contribution in [3.63, 3.8) is 0 Å². The normalized spacial score (nSPS) is 19.7. The Hall–Kier alpha value is -1.91. The Kier molecular flexibility index (Phi) is 4.18. The molecule has 0 unspecified atom stereocenters. The van der Waals surface area contributed by atoms with Gasteiger partial charge >= 0.3 is 0 Å². The number of nitrogens with one attached hydrogen (secondary N) is 1. The lowest BCUT2D eigenvalue weighted by molar-refractivity contribution is 0.0760. The van der Waals surface area contributed by atoms with E-state index >= 15 is 0 Å². The van der Waals surface area contributed by atoms with Gasteiger partial charge in [-0.3, -0.25) is 4.79 Å². The smallest absolute Gasteiger partial charge is 0.253 e. The highest BCUT2D eigenvalue weighted by molar-refractivity contribution is 5.97. The van der Waals surface area contributed by atoms with Crippen molar-refractivity contribution in [3.05, 3.63) is 23.8 Å². The Bertz CT molecular complexity index is 622. The summed E-state index contributed by atoms with van der Waals surface area (Å²) >= 11 is 0. The molecular weight excluding hydrogens is 264 g/mol. The molecule has 1 atom stereocenters. The molecular formula is C16H22N4O. The van der Waals surface area contributed by atoms with Crippen molar-refractivity contribution in [2.45, 2.75) is 39.0 Å². The first kappa shape index (κ1) is 14.0. The quantitative estimate of drug-likeness (QED) is 0.943. The van der Waals surface area contributed by atoms with Gasteiger partial charge in [0.1, 0.15) is 11.0 Å². The minimum atomic E-state index is 0.122. The monoisotopic (exact) mass is 286 g/mol. The van der Waals surface area contributed by atoms with Crippen LogP contribution in [0.1, 0.15) is 49.4 Å². The molecule has 1 amide bonds. The fourth-order valence-electron chi connectivity index (χ4n) is 3.22. The molecule has 21 heavy (non-hydrogen) atoms. The number of hydrogen-bond acceptors (Lipinski definition) is 3. The maximum Gasteiger partial charge on any atom is 0.253 e. The van der Waals surface area contributed by atoms with Gasteiger partial charge in [-0.1, -0.05) is 19.8 Å². The summed E-state index contributed by atoms with van der Waals surface area (Å²) in [6.45, 7) is 3.98. The molecule has 5 heteroatoms. The minimum Gasteiger partial charge on any atom is -0.339 e. The average Bonchev–Trinajstić information content (AvgIpc) is 2.85. The Morgan fingerprint density at radius 1 is 1.29 bits per heavy atom. The number of rotatable bonds is 3. The van der Waals surface area contributed by atoms with E-state index in [0.29, 0.717) is 5.56 Å². The van der Waals surface area contributed by atoms with Crippen molar-refractivity contribution in [2.75, 3.05) is 13.1 Å². The summed E-state index contributed by atoms with van der Waals surface area (Å²) in [4.78, 5) is 14.6. The first-order chi connectivity index (χ1) is 10.3. The lowest BCUT2D eigenvalue weighted by Gasteiger charge is -2.20. The third kappa shape index (κ3) is 3.06. The highest BCUT2D eigenvalue weighted by atomic mass is 16.2. The summed E-state index contributed by atoms with van der Waals surface area (Å²) < 4.78 is 0. The zero-order chi connectivity index (χ0) is 14.7. The molecule has 0 radical (unpaired) electrons. The van der Waals surface area contributed by atoms with E-state index in [0.717, 1.165) is 42.9 Å². The first-order valence-electron chi connectivity index (χ1n) is 7.87. The molecule has 0 spiro atoms. The summed E-state index contributed by atoms with van der Waals surface area (Å²) in [5, 5.41) is 10.7. The second kappa shape index (κ2) is 6.24. The molecule has 2 heterocycles. The molecule has 1 aliphatic rings. The van der Waals surface area contributed by atoms with Gasteiger partial charge in [0.2, 0.25) is 0 Å². The van der Waals surface area contributed by atoms with Crippen LogP contribution in [0.15, 0.2) is 18.2 Å². The molecule has 1 saturated heterocycles. The van der Waals surface area contributed by atoms with Crippen molar-refractivity contribution in [3.8, 4) is 0 Å². The molecule has 0 saturated carbocycles. The van der Waals surface area contributed by atoms with Crippen LogP contribution in [0, 0.1) is 5.92 Å². The fraction of sp³-hybridized carbons (Fsp3) is 0.562. The van der Waals surface area contributed by atoms with Crippen LogP contribution in [0.4, 0.5) is 0 Å². The lowest BCUT2D eigenvalue weighted by Crippen LogP contribution is -2.32. The Balaban J connectivity index is 1.72. The SMILES string of the molecule is CCC[C@@H]1CCCN(C(=O)c2ccc3n[nH]nc3c2)CC1. The highest BCUT2D eigenvalue weighted by Crippen LogP contribution is 2.23. The molecule has 1 aliphatic heterocycles. The molecule has 2 aromatic rings. The summed E-state index contributed by atoms with van der Waals surface area (Å²) in [5.74, 6) is 0.905. The molecule has 0 bridgehead atoms. The number of likely N-dealkylation sites (tertiary alicyclic amines) is 1. The average molecular weight is 286 g/mol. The van der Waals surface area contributed by atoms with E-state index < -0.39 is 0 Å². The Labute approximate surface area is 124 Å². The van der Waals surface area contributed by atoms with E-state index in [1.807, 2.05) is 23.1 Å². The van der Waals surface area contributed by atoms with E-state index in [9.17, 15) is 4.79 Å². The van der Waals surface area contributed by atoms with Crippen LogP contribution < -0.4 is 0 Å². The van der Waals surface area contributed by atoms with Gasteiger partial charge in [0.25, 0.3) is 5.91 Å². The molecule has 0 aliphatic carbocycles. The van der Waals surface area contributed by atoms with Crippen molar-refractivity contribution in [1.29, 1.82) is 0 Å². The van der Waals surface area contributed by atoms with Gasteiger partial charge in [0, 0.05) is 18.7 Å². The lowest BCUT2D eigenvalue weighted by atomic mass is 9.96. The standard InChI is InChI=1S/C16H22N4O/c1-2-4-12-5-3-9-20(10-8-12)16(21)13-6-7-14-15(11-13)18-19-17-14/h6-7,11-12H,2-5,8-10H2,1H3,(H,17,18,19)/t12-/m1/s1. The van der Waals surface area contributed by atoms with Gasteiger partial charge in [0.15, 0.2) is 0 Å². The van der Waals surface area contributed by atoms with Gasteiger partial charge in [-0.15, -0.1) is 0 Å². The van der Waals surface area contributed by atoms with Crippen molar-refractivity contribution < 1.29 is 4.79 Å². The van der Waals surface area contributed by atoms with Crippen LogP contribution in [0.2, 0.25) is 0 Å². The van der Waals surface area contributed by atoms with E-state index in [1.54, 1.807) is 0 Å². The molecule has 1 aromatic carbocycles. The number of aromatic nitrogens is 3. The third-order valence-corrected chi connectivity index (χ3v) is 4.40. The second-order valence-corrected chi connectivity index (χ2v) is 5.90. The topological polar surface area (TPSA) is 61.9 Å². The number of benzene rings is 1. The van der Waals surface area contributed by atoms with Gasteiger partial charge in [0.05, 0.1) is 0 Å². The number of H-pyrrole nitrogens is 1. The Morgan fingerprint density at radius 2 is 2.14 bits per heavy atom. The summed E-state index contributed by atoms with van der Waals surface area (Å²) in [5.41, 5.74) is 2.26. The highest BCUT2D eigenvalue weighted by Gasteiger charge is 2.21. The molecule has 3 rings (SSSR count). The number of carbonyl (C=O) groups is 1. The first-order valence-corrected chi connectivity index (χ1v) is 7.87. The van der Waals surface area contributed by atoms with Gasteiger partial charge < -0.3 is 4.90 Å². The second-order valence-electron chi connectivity index (χ2n) is 5.90. The van der Waals surface area contributed by atoms with E-state index in [4.69, 9.17) is 0 Å². The predicted octanol–water partition coefficient (Wildman–Crippen LogP) is 3.00. The van der Waals surface area contributed by atoms with Crippen LogP contribution in [-0.2, 0) is 0 Å². The van der Waals surface area contributed by atoms with Gasteiger partial charge in [-0.05, 0) is 43.4 Å². The summed E-state index contributed by atoms with van der Waals surface area (Å²) in [7, 11) is 0. The van der Waals surface area contributed by atoms with Crippen LogP contribution in [0.3, 0.4) is 0 Å². The summed E-state index contributed by atoms with van der Waals surface area (Å²) in [6.07, 6.45) is 6.02. The largest absolute Gasteiger partial charge is 0.339 e. The number of nitrogens with zero attached hydrogens (tertiary/aromatic N) is 3. The zero-order valence-corrected chi connectivity index (χ0v) is 12.5. The van der Waals surface area contributed by atoms with E-state index in [1.165, 1.54) is 19.3 Å². The van der Waals surface area contributed by atoms with Crippen molar-refractivity contribution in [2.24, 2.45) is 5.92 Å². The molecule has 5 nitrogen and oxygen atoms in total. The van der Waals surface area contributed by atoms with Crippen LogP contribution in [0.25, 0.3) is 11.0 Å². The number of amides is 1. The van der Waals surface area contributed by atoms with Crippen LogP contribution >= 0.6 is 0 Å². The maximum absolute atomic E-state index is 12.7. The molecule has 112 valence electrons. The van der Waals surface area contributed by atoms with E-state index in [2.05, 4.69) is 22.3 Å². The number of carbonyl (C=O) groups excluding carboxylic acids is 1. The predicted molar refractivity (Wildman–Crippen MR) is 82.0 cm³/mol. The number of aromatic amines is 1. The number of fused-ring (bicyclic) bond motifs is 1. The minimum absolute atomic E-state index is 0.122. The Morgan fingerprint density at radius 3 is 3.00 bits per heavy atom. The third-order valence-electron chi connectivity index (χ3n) is 4.40. The molecule has 1 N–H and O–H groups in total.